The Morgan fingerprint density at radius 2 is 2.09 bits per heavy atom. The molecule has 0 aliphatic rings. The van der Waals surface area contributed by atoms with Crippen molar-refractivity contribution >= 4 is 5.78 Å². The molecule has 2 nitrogen and oxygen atoms in total. The van der Waals surface area contributed by atoms with E-state index in [4.69, 9.17) is 5.11 Å². The van der Waals surface area contributed by atoms with E-state index in [1.165, 1.54) is 0 Å². The van der Waals surface area contributed by atoms with Crippen molar-refractivity contribution in [2.24, 2.45) is 5.92 Å². The topological polar surface area (TPSA) is 37.3 Å². The smallest absolute Gasteiger partial charge is 0.142 e. The highest BCUT2D eigenvalue weighted by molar-refractivity contribution is 5.82. The van der Waals surface area contributed by atoms with Crippen molar-refractivity contribution in [3.63, 3.8) is 0 Å². The number of aliphatic hydroxyl groups is 1. The van der Waals surface area contributed by atoms with Gasteiger partial charge in [0.1, 0.15) is 5.78 Å². The minimum absolute atomic E-state index is 0.0300. The van der Waals surface area contributed by atoms with E-state index < -0.39 is 0 Å². The molecule has 0 heterocycles. The van der Waals surface area contributed by atoms with Crippen molar-refractivity contribution in [3.05, 3.63) is 25.3 Å². The molecule has 0 fully saturated rings. The third-order valence-corrected chi connectivity index (χ3v) is 1.47. The molecule has 2 heteroatoms. The maximum Gasteiger partial charge on any atom is 0.142 e. The lowest BCUT2D eigenvalue weighted by Crippen LogP contribution is -2.16. The van der Waals surface area contributed by atoms with Gasteiger partial charge in [-0.15, -0.1) is 13.2 Å². The maximum absolute atomic E-state index is 11.1. The zero-order valence-electron chi connectivity index (χ0n) is 6.62. The fourth-order valence-electron chi connectivity index (χ4n) is 0.818. The summed E-state index contributed by atoms with van der Waals surface area (Å²) in [5.41, 5.74) is 0. The quantitative estimate of drug-likeness (QED) is 0.586. The van der Waals surface area contributed by atoms with Crippen LogP contribution >= 0.6 is 0 Å². The number of aliphatic hydroxyl groups excluding tert-OH is 1. The summed E-state index contributed by atoms with van der Waals surface area (Å²) in [6, 6.07) is 0. The summed E-state index contributed by atoms with van der Waals surface area (Å²) < 4.78 is 0. The molecule has 0 aromatic rings. The predicted octanol–water partition coefficient (Wildman–Crippen LogP) is 1.32. The van der Waals surface area contributed by atoms with Gasteiger partial charge in [0.15, 0.2) is 0 Å². The number of hydrogen-bond donors (Lipinski definition) is 1. The highest BCUT2D eigenvalue weighted by atomic mass is 16.3. The highest BCUT2D eigenvalue weighted by Crippen LogP contribution is 2.06. The van der Waals surface area contributed by atoms with Crippen molar-refractivity contribution in [1.82, 2.24) is 0 Å². The number of Topliss-reactive ketones (excluding diaryl/α,β-unsaturated/α-hetero) is 1. The number of rotatable bonds is 6. The Hall–Kier alpha value is -0.890. The Bertz CT molecular complexity index is 150. The van der Waals surface area contributed by atoms with Crippen LogP contribution in [0.5, 0.6) is 0 Å². The Morgan fingerprint density at radius 3 is 2.45 bits per heavy atom. The largest absolute Gasteiger partial charge is 0.396 e. The molecule has 0 radical (unpaired) electrons. The molecule has 0 rings (SSSR count). The molecule has 0 aliphatic carbocycles. The predicted molar refractivity (Wildman–Crippen MR) is 45.2 cm³/mol. The van der Waals surface area contributed by atoms with Crippen LogP contribution < -0.4 is 0 Å². The van der Waals surface area contributed by atoms with Crippen molar-refractivity contribution in [3.8, 4) is 0 Å². The van der Waals surface area contributed by atoms with Crippen LogP contribution in [-0.4, -0.2) is 17.5 Å². The van der Waals surface area contributed by atoms with Gasteiger partial charge >= 0.3 is 0 Å². The van der Waals surface area contributed by atoms with Crippen LogP contribution in [0.15, 0.2) is 25.3 Å². The van der Waals surface area contributed by atoms with E-state index in [1.54, 1.807) is 12.2 Å². The van der Waals surface area contributed by atoms with Gasteiger partial charge in [0.2, 0.25) is 0 Å². The molecule has 0 saturated heterocycles. The van der Waals surface area contributed by atoms with E-state index in [0.29, 0.717) is 12.8 Å². The molecule has 1 unspecified atom stereocenters. The first-order chi connectivity index (χ1) is 5.26. The summed E-state index contributed by atoms with van der Waals surface area (Å²) in [4.78, 5) is 11.1. The normalized spacial score (nSPS) is 12.1. The zero-order chi connectivity index (χ0) is 8.69. The number of carbonyl (C=O) groups excluding carboxylic acids is 1. The molecule has 62 valence electrons. The third-order valence-electron chi connectivity index (χ3n) is 1.47. The molecular weight excluding hydrogens is 140 g/mol. The molecule has 1 atom stereocenters. The average Bonchev–Trinajstić information content (AvgIpc) is 2.00. The van der Waals surface area contributed by atoms with Crippen molar-refractivity contribution in [2.45, 2.75) is 12.8 Å². The first-order valence-corrected chi connectivity index (χ1v) is 3.61. The summed E-state index contributed by atoms with van der Waals surface area (Å²) in [5.74, 6) is -0.257. The SMILES string of the molecule is C=CCC(=O)C(CO)CC=C. The number of allylic oxidation sites excluding steroid dienone is 2. The fraction of sp³-hybridized carbons (Fsp3) is 0.444. The van der Waals surface area contributed by atoms with E-state index in [-0.39, 0.29) is 18.3 Å². The van der Waals surface area contributed by atoms with Gasteiger partial charge in [-0.1, -0.05) is 12.2 Å². The van der Waals surface area contributed by atoms with Crippen LogP contribution in [0.2, 0.25) is 0 Å². The van der Waals surface area contributed by atoms with Crippen LogP contribution in [0.3, 0.4) is 0 Å². The van der Waals surface area contributed by atoms with Crippen molar-refractivity contribution in [2.75, 3.05) is 6.61 Å². The van der Waals surface area contributed by atoms with E-state index in [2.05, 4.69) is 13.2 Å². The van der Waals surface area contributed by atoms with Gasteiger partial charge in [-0.05, 0) is 6.42 Å². The molecule has 0 amide bonds. The maximum atomic E-state index is 11.1. The lowest BCUT2D eigenvalue weighted by atomic mass is 9.99. The van der Waals surface area contributed by atoms with Crippen LogP contribution in [-0.2, 0) is 4.79 Å². The summed E-state index contributed by atoms with van der Waals surface area (Å²) in [5, 5.41) is 8.75. The lowest BCUT2D eigenvalue weighted by molar-refractivity contribution is -0.123. The van der Waals surface area contributed by atoms with Gasteiger partial charge in [0.05, 0.1) is 6.61 Å². The zero-order valence-corrected chi connectivity index (χ0v) is 6.62. The minimum atomic E-state index is -0.287. The summed E-state index contributed by atoms with van der Waals surface area (Å²) in [7, 11) is 0. The molecular formula is C9H14O2. The Labute approximate surface area is 67.2 Å². The molecule has 0 aromatic heterocycles. The Kier molecular flexibility index (Phi) is 5.39. The summed E-state index contributed by atoms with van der Waals surface area (Å²) in [6.45, 7) is 6.85. The van der Waals surface area contributed by atoms with E-state index >= 15 is 0 Å². The number of ketones is 1. The molecule has 0 aromatic carbocycles. The monoisotopic (exact) mass is 154 g/mol. The molecule has 0 bridgehead atoms. The molecule has 11 heavy (non-hydrogen) atoms. The van der Waals surface area contributed by atoms with Gasteiger partial charge < -0.3 is 5.11 Å². The van der Waals surface area contributed by atoms with E-state index in [0.717, 1.165) is 0 Å². The molecule has 0 aliphatic heterocycles. The summed E-state index contributed by atoms with van der Waals surface area (Å²) >= 11 is 0. The average molecular weight is 154 g/mol. The van der Waals surface area contributed by atoms with E-state index in [1.807, 2.05) is 0 Å². The first kappa shape index (κ1) is 10.1. The van der Waals surface area contributed by atoms with Crippen LogP contribution in [0.4, 0.5) is 0 Å². The second-order valence-corrected chi connectivity index (χ2v) is 2.36. The highest BCUT2D eigenvalue weighted by Gasteiger charge is 2.13. The van der Waals surface area contributed by atoms with Crippen LogP contribution in [0, 0.1) is 5.92 Å². The molecule has 0 saturated carbocycles. The third kappa shape index (κ3) is 3.73. The second-order valence-electron chi connectivity index (χ2n) is 2.36. The Morgan fingerprint density at radius 1 is 1.45 bits per heavy atom. The second kappa shape index (κ2) is 5.86. The number of carbonyl (C=O) groups is 1. The Balaban J connectivity index is 3.90. The molecule has 0 spiro atoms. The lowest BCUT2D eigenvalue weighted by Gasteiger charge is -2.07. The molecule has 1 N–H and O–H groups in total. The van der Waals surface area contributed by atoms with Crippen LogP contribution in [0.1, 0.15) is 12.8 Å². The fourth-order valence-corrected chi connectivity index (χ4v) is 0.818. The minimum Gasteiger partial charge on any atom is -0.396 e. The van der Waals surface area contributed by atoms with Gasteiger partial charge in [0, 0.05) is 12.3 Å². The van der Waals surface area contributed by atoms with Gasteiger partial charge in [0.25, 0.3) is 0 Å². The van der Waals surface area contributed by atoms with E-state index in [9.17, 15) is 4.79 Å². The van der Waals surface area contributed by atoms with Gasteiger partial charge in [-0.3, -0.25) is 4.79 Å². The summed E-state index contributed by atoms with van der Waals surface area (Å²) in [6.07, 6.45) is 4.07. The first-order valence-electron chi connectivity index (χ1n) is 3.61. The van der Waals surface area contributed by atoms with Gasteiger partial charge in [-0.2, -0.15) is 0 Å². The standard InChI is InChI=1S/C9H14O2/c1-3-5-8(7-10)9(11)6-4-2/h3-4,8,10H,1-2,5-7H2. The van der Waals surface area contributed by atoms with Crippen molar-refractivity contribution < 1.29 is 9.90 Å². The number of hydrogen-bond acceptors (Lipinski definition) is 2. The van der Waals surface area contributed by atoms with Crippen LogP contribution in [0.25, 0.3) is 0 Å². The van der Waals surface area contributed by atoms with Crippen molar-refractivity contribution in [1.29, 1.82) is 0 Å². The van der Waals surface area contributed by atoms with Gasteiger partial charge in [-0.25, -0.2) is 0 Å².